The van der Waals surface area contributed by atoms with Crippen molar-refractivity contribution in [2.75, 3.05) is 5.73 Å². The van der Waals surface area contributed by atoms with Gasteiger partial charge in [0.15, 0.2) is 0 Å². The van der Waals surface area contributed by atoms with Crippen LogP contribution in [0.2, 0.25) is 0 Å². The molecule has 0 unspecified atom stereocenters. The maximum atomic E-state index is 12.9. The zero-order chi connectivity index (χ0) is 18.6. The van der Waals surface area contributed by atoms with E-state index >= 15 is 0 Å². The van der Waals surface area contributed by atoms with Crippen molar-refractivity contribution in [2.24, 2.45) is 0 Å². The number of hydrogen-bond donors (Lipinski definition) is 2. The van der Waals surface area contributed by atoms with E-state index < -0.39 is 15.8 Å². The lowest BCUT2D eigenvalue weighted by molar-refractivity contribution is 0.0692. The summed E-state index contributed by atoms with van der Waals surface area (Å²) >= 11 is 3.14. The maximum absolute atomic E-state index is 12.9. The molecule has 0 aliphatic carbocycles. The van der Waals surface area contributed by atoms with Crippen molar-refractivity contribution < 1.29 is 18.3 Å². The van der Waals surface area contributed by atoms with Gasteiger partial charge < -0.3 is 10.8 Å². The van der Waals surface area contributed by atoms with Gasteiger partial charge in [0.05, 0.1) is 16.1 Å². The number of anilines is 1. The van der Waals surface area contributed by atoms with Gasteiger partial charge >= 0.3 is 5.97 Å². The number of hydrogen-bond acceptors (Lipinski definition) is 4. The number of aryl methyl sites for hydroxylation is 1. The summed E-state index contributed by atoms with van der Waals surface area (Å²) in [6.07, 6.45) is 4.17. The summed E-state index contributed by atoms with van der Waals surface area (Å²) in [5.74, 6) is -1.34. The molecular weight excluding hydrogens is 406 g/mol. The summed E-state index contributed by atoms with van der Waals surface area (Å²) in [6.45, 7) is 2.12. The van der Waals surface area contributed by atoms with Crippen LogP contribution in [0.5, 0.6) is 0 Å². The Bertz CT molecular complexity index is 877. The van der Waals surface area contributed by atoms with E-state index in [4.69, 9.17) is 5.73 Å². The summed E-state index contributed by atoms with van der Waals surface area (Å²) in [5.41, 5.74) is 6.43. The van der Waals surface area contributed by atoms with Crippen molar-refractivity contribution in [1.82, 2.24) is 0 Å². The van der Waals surface area contributed by atoms with Crippen LogP contribution >= 0.6 is 15.9 Å². The van der Waals surface area contributed by atoms with Crippen molar-refractivity contribution in [3.63, 3.8) is 0 Å². The monoisotopic (exact) mass is 425 g/mol. The van der Waals surface area contributed by atoms with Crippen LogP contribution in [0.15, 0.2) is 50.7 Å². The molecule has 0 saturated carbocycles. The lowest BCUT2D eigenvalue weighted by Gasteiger charge is -2.12. The van der Waals surface area contributed by atoms with E-state index in [1.54, 1.807) is 12.1 Å². The minimum absolute atomic E-state index is 0.0308. The van der Waals surface area contributed by atoms with Gasteiger partial charge in [-0.1, -0.05) is 47.8 Å². The van der Waals surface area contributed by atoms with E-state index in [9.17, 15) is 18.3 Å². The van der Waals surface area contributed by atoms with Crippen LogP contribution in [0.25, 0.3) is 0 Å². The van der Waals surface area contributed by atoms with Gasteiger partial charge in [-0.3, -0.25) is 0 Å². The molecule has 2 aromatic carbocycles. The average molecular weight is 426 g/mol. The number of aromatic carboxylic acids is 1. The predicted octanol–water partition coefficient (Wildman–Crippen LogP) is 4.30. The topological polar surface area (TPSA) is 97.5 Å². The molecule has 25 heavy (non-hydrogen) atoms. The number of nitrogens with two attached hydrogens (primary N) is 1. The zero-order valence-electron chi connectivity index (χ0n) is 13.8. The first-order chi connectivity index (χ1) is 11.8. The van der Waals surface area contributed by atoms with Crippen LogP contribution in [-0.4, -0.2) is 19.5 Å². The number of carboxylic acid groups (broad SMARTS) is 1. The fourth-order valence-electron chi connectivity index (χ4n) is 2.61. The Labute approximate surface area is 155 Å². The summed E-state index contributed by atoms with van der Waals surface area (Å²) < 4.78 is 26.2. The van der Waals surface area contributed by atoms with Crippen LogP contribution in [0.3, 0.4) is 0 Å². The molecule has 0 amide bonds. The van der Waals surface area contributed by atoms with Crippen molar-refractivity contribution >= 4 is 37.4 Å². The molecule has 2 aromatic rings. The third-order valence-electron chi connectivity index (χ3n) is 3.88. The molecule has 0 atom stereocenters. The van der Waals surface area contributed by atoms with Gasteiger partial charge in [0.25, 0.3) is 0 Å². The van der Waals surface area contributed by atoms with E-state index in [1.165, 1.54) is 24.3 Å². The van der Waals surface area contributed by atoms with E-state index in [0.29, 0.717) is 4.47 Å². The Morgan fingerprint density at radius 3 is 2.36 bits per heavy atom. The van der Waals surface area contributed by atoms with Crippen LogP contribution in [0.4, 0.5) is 5.69 Å². The number of rotatable bonds is 7. The highest BCUT2D eigenvalue weighted by Crippen LogP contribution is 2.32. The normalized spacial score (nSPS) is 11.4. The lowest BCUT2D eigenvalue weighted by atomic mass is 10.1. The second kappa shape index (κ2) is 8.01. The third-order valence-corrected chi connectivity index (χ3v) is 6.23. The Kier molecular flexibility index (Phi) is 6.24. The molecule has 7 heteroatoms. The van der Waals surface area contributed by atoms with Crippen molar-refractivity contribution in [3.8, 4) is 0 Å². The van der Waals surface area contributed by atoms with Gasteiger partial charge in [-0.05, 0) is 42.7 Å². The summed E-state index contributed by atoms with van der Waals surface area (Å²) in [7, 11) is -4.03. The molecule has 0 radical (unpaired) electrons. The minimum atomic E-state index is -4.03. The SMILES string of the molecule is CCCCCc1ccc(S(=O)(=O)c2c(N)cc(Br)cc2C(=O)O)cc1. The highest BCUT2D eigenvalue weighted by Gasteiger charge is 2.27. The minimum Gasteiger partial charge on any atom is -0.478 e. The molecule has 2 rings (SSSR count). The fraction of sp³-hybridized carbons (Fsp3) is 0.278. The highest BCUT2D eigenvalue weighted by molar-refractivity contribution is 9.10. The standard InChI is InChI=1S/C18H20BrNO4S/c1-2-3-4-5-12-6-8-14(9-7-12)25(23,24)17-15(18(21)22)10-13(19)11-16(17)20/h6-11H,2-5,20H2,1H3,(H,21,22). The quantitative estimate of drug-likeness (QED) is 0.508. The number of halogens is 1. The molecule has 0 spiro atoms. The van der Waals surface area contributed by atoms with Crippen LogP contribution in [0.1, 0.15) is 42.1 Å². The summed E-state index contributed by atoms with van der Waals surface area (Å²) in [4.78, 5) is 11.1. The molecule has 0 fully saturated rings. The molecule has 0 bridgehead atoms. The second-order valence-corrected chi connectivity index (χ2v) is 8.58. The van der Waals surface area contributed by atoms with Crippen LogP contribution in [0, 0.1) is 0 Å². The van der Waals surface area contributed by atoms with Gasteiger partial charge in [0, 0.05) is 4.47 Å². The Balaban J connectivity index is 2.44. The Morgan fingerprint density at radius 2 is 1.80 bits per heavy atom. The Morgan fingerprint density at radius 1 is 1.16 bits per heavy atom. The smallest absolute Gasteiger partial charge is 0.337 e. The molecule has 0 aliphatic heterocycles. The largest absolute Gasteiger partial charge is 0.478 e. The van der Waals surface area contributed by atoms with Crippen LogP contribution < -0.4 is 5.73 Å². The zero-order valence-corrected chi connectivity index (χ0v) is 16.2. The molecule has 0 saturated heterocycles. The molecular formula is C18H20BrNO4S. The van der Waals surface area contributed by atoms with E-state index in [1.807, 2.05) is 0 Å². The molecule has 0 aliphatic rings. The van der Waals surface area contributed by atoms with Crippen molar-refractivity contribution in [2.45, 2.75) is 42.4 Å². The van der Waals surface area contributed by atoms with Crippen molar-refractivity contribution in [1.29, 1.82) is 0 Å². The second-order valence-electron chi connectivity index (χ2n) is 5.78. The van der Waals surface area contributed by atoms with E-state index in [0.717, 1.165) is 31.2 Å². The van der Waals surface area contributed by atoms with Crippen LogP contribution in [-0.2, 0) is 16.3 Å². The summed E-state index contributed by atoms with van der Waals surface area (Å²) in [5, 5.41) is 9.35. The lowest BCUT2D eigenvalue weighted by Crippen LogP contribution is -2.12. The predicted molar refractivity (Wildman–Crippen MR) is 101 cm³/mol. The Hall–Kier alpha value is -1.86. The average Bonchev–Trinajstić information content (AvgIpc) is 2.54. The molecule has 5 nitrogen and oxygen atoms in total. The van der Waals surface area contributed by atoms with E-state index in [2.05, 4.69) is 22.9 Å². The molecule has 0 aromatic heterocycles. The number of carboxylic acids is 1. The first kappa shape index (κ1) is 19.5. The third kappa shape index (κ3) is 4.41. The molecule has 134 valence electrons. The number of carbonyl (C=O) groups is 1. The van der Waals surface area contributed by atoms with Gasteiger partial charge in [0.1, 0.15) is 4.90 Å². The van der Waals surface area contributed by atoms with Gasteiger partial charge in [0.2, 0.25) is 9.84 Å². The number of sulfone groups is 1. The fourth-order valence-corrected chi connectivity index (χ4v) is 4.62. The number of benzene rings is 2. The molecule has 3 N–H and O–H groups in total. The molecule has 0 heterocycles. The number of nitrogen functional groups attached to an aromatic ring is 1. The first-order valence-electron chi connectivity index (χ1n) is 7.93. The summed E-state index contributed by atoms with van der Waals surface area (Å²) in [6, 6.07) is 9.16. The number of unbranched alkanes of at least 4 members (excludes halogenated alkanes) is 2. The first-order valence-corrected chi connectivity index (χ1v) is 10.2. The highest BCUT2D eigenvalue weighted by atomic mass is 79.9. The van der Waals surface area contributed by atoms with Gasteiger partial charge in [-0.2, -0.15) is 0 Å². The maximum Gasteiger partial charge on any atom is 0.337 e. The van der Waals surface area contributed by atoms with E-state index in [-0.39, 0.29) is 21.0 Å². The van der Waals surface area contributed by atoms with Gasteiger partial charge in [-0.25, -0.2) is 13.2 Å². The van der Waals surface area contributed by atoms with Gasteiger partial charge in [-0.15, -0.1) is 0 Å². The van der Waals surface area contributed by atoms with Crippen molar-refractivity contribution in [3.05, 3.63) is 52.0 Å².